The van der Waals surface area contributed by atoms with Crippen LogP contribution in [0.25, 0.3) is 17.3 Å². The van der Waals surface area contributed by atoms with Gasteiger partial charge in [-0.05, 0) is 42.3 Å². The van der Waals surface area contributed by atoms with Crippen LogP contribution in [0.3, 0.4) is 0 Å². The van der Waals surface area contributed by atoms with Crippen molar-refractivity contribution in [3.05, 3.63) is 47.4 Å². The molecule has 0 aliphatic carbocycles. The molecule has 2 aromatic rings. The maximum absolute atomic E-state index is 13.2. The van der Waals surface area contributed by atoms with Crippen molar-refractivity contribution < 1.29 is 17.6 Å². The Kier molecular flexibility index (Phi) is 5.23. The van der Waals surface area contributed by atoms with Crippen LogP contribution in [0.4, 0.5) is 4.39 Å². The van der Waals surface area contributed by atoms with Crippen molar-refractivity contribution in [1.29, 1.82) is 0 Å². The number of aldehydes is 1. The normalized spacial score (nSPS) is 12.0. The molecule has 0 aliphatic rings. The average molecular weight is 348 g/mol. The monoisotopic (exact) mass is 348 g/mol. The number of nitrogens with zero attached hydrogens (tertiary/aromatic N) is 2. The Morgan fingerprint density at radius 3 is 2.25 bits per heavy atom. The zero-order valence-electron chi connectivity index (χ0n) is 13.5. The van der Waals surface area contributed by atoms with E-state index in [9.17, 15) is 17.6 Å². The SMILES string of the molecule is CC(C)c1nc(S(C)(=O)=O)nc(-c2ccc(F)cc2)c1/C=C/C=O. The number of carbonyl (C=O) groups is 1. The molecule has 0 unspecified atom stereocenters. The molecule has 0 bridgehead atoms. The predicted octanol–water partition coefficient (Wildman–Crippen LogP) is 3.02. The summed E-state index contributed by atoms with van der Waals surface area (Å²) in [7, 11) is -3.62. The van der Waals surface area contributed by atoms with Gasteiger partial charge >= 0.3 is 0 Å². The minimum atomic E-state index is -3.62. The lowest BCUT2D eigenvalue weighted by atomic mass is 9.98. The molecule has 2 rings (SSSR count). The van der Waals surface area contributed by atoms with Gasteiger partial charge in [0.2, 0.25) is 15.0 Å². The van der Waals surface area contributed by atoms with Gasteiger partial charge < -0.3 is 0 Å². The zero-order chi connectivity index (χ0) is 17.9. The summed E-state index contributed by atoms with van der Waals surface area (Å²) in [6.07, 6.45) is 4.47. The first-order chi connectivity index (χ1) is 11.2. The highest BCUT2D eigenvalue weighted by Crippen LogP contribution is 2.30. The summed E-state index contributed by atoms with van der Waals surface area (Å²) in [6.45, 7) is 3.72. The number of halogens is 1. The molecule has 0 atom stereocenters. The van der Waals surface area contributed by atoms with E-state index in [4.69, 9.17) is 0 Å². The number of carbonyl (C=O) groups excluding carboxylic acids is 1. The van der Waals surface area contributed by atoms with Crippen molar-refractivity contribution in [3.63, 3.8) is 0 Å². The second kappa shape index (κ2) is 7.00. The number of allylic oxidation sites excluding steroid dienone is 1. The Morgan fingerprint density at radius 1 is 1.12 bits per heavy atom. The van der Waals surface area contributed by atoms with Gasteiger partial charge in [-0.2, -0.15) is 0 Å². The maximum Gasteiger partial charge on any atom is 0.247 e. The molecular weight excluding hydrogens is 331 g/mol. The minimum Gasteiger partial charge on any atom is -0.299 e. The van der Waals surface area contributed by atoms with Crippen LogP contribution in [-0.2, 0) is 14.6 Å². The second-order valence-electron chi connectivity index (χ2n) is 5.58. The lowest BCUT2D eigenvalue weighted by Gasteiger charge is -2.15. The summed E-state index contributed by atoms with van der Waals surface area (Å²) in [5, 5.41) is -0.297. The average Bonchev–Trinajstić information content (AvgIpc) is 2.52. The van der Waals surface area contributed by atoms with Gasteiger partial charge in [-0.25, -0.2) is 22.8 Å². The number of aromatic nitrogens is 2. The first-order valence-corrected chi connectivity index (χ1v) is 9.13. The van der Waals surface area contributed by atoms with Gasteiger partial charge in [0.1, 0.15) is 12.1 Å². The van der Waals surface area contributed by atoms with Crippen LogP contribution in [0.2, 0.25) is 0 Å². The van der Waals surface area contributed by atoms with E-state index < -0.39 is 15.7 Å². The van der Waals surface area contributed by atoms with Crippen LogP contribution in [0, 0.1) is 5.82 Å². The smallest absolute Gasteiger partial charge is 0.247 e. The van der Waals surface area contributed by atoms with E-state index in [1.807, 2.05) is 13.8 Å². The zero-order valence-corrected chi connectivity index (χ0v) is 14.3. The first-order valence-electron chi connectivity index (χ1n) is 7.23. The Labute approximate surface area is 140 Å². The third kappa shape index (κ3) is 3.91. The van der Waals surface area contributed by atoms with Crippen LogP contribution in [-0.4, -0.2) is 30.9 Å². The number of benzene rings is 1. The van der Waals surface area contributed by atoms with Crippen LogP contribution in [0.1, 0.15) is 31.0 Å². The first kappa shape index (κ1) is 17.9. The summed E-state index contributed by atoms with van der Waals surface area (Å²) < 4.78 is 37.0. The molecule has 0 saturated heterocycles. The molecule has 0 amide bonds. The molecule has 1 aromatic carbocycles. The highest BCUT2D eigenvalue weighted by molar-refractivity contribution is 7.90. The molecule has 0 radical (unpaired) electrons. The van der Waals surface area contributed by atoms with Crippen molar-refractivity contribution in [2.24, 2.45) is 0 Å². The molecule has 0 spiro atoms. The summed E-state index contributed by atoms with van der Waals surface area (Å²) in [5.41, 5.74) is 1.92. The largest absolute Gasteiger partial charge is 0.299 e. The van der Waals surface area contributed by atoms with E-state index in [-0.39, 0.29) is 11.1 Å². The fourth-order valence-corrected chi connectivity index (χ4v) is 2.72. The highest BCUT2D eigenvalue weighted by atomic mass is 32.2. The van der Waals surface area contributed by atoms with Gasteiger partial charge in [0.25, 0.3) is 0 Å². The molecule has 126 valence electrons. The third-order valence-electron chi connectivity index (χ3n) is 3.29. The van der Waals surface area contributed by atoms with Gasteiger partial charge in [-0.15, -0.1) is 0 Å². The van der Waals surface area contributed by atoms with E-state index in [2.05, 4.69) is 9.97 Å². The molecule has 0 saturated carbocycles. The van der Waals surface area contributed by atoms with Gasteiger partial charge in [0, 0.05) is 17.4 Å². The van der Waals surface area contributed by atoms with Crippen molar-refractivity contribution in [1.82, 2.24) is 9.97 Å². The third-order valence-corrected chi connectivity index (χ3v) is 4.14. The fourth-order valence-electron chi connectivity index (χ4n) is 2.20. The van der Waals surface area contributed by atoms with Crippen molar-refractivity contribution in [3.8, 4) is 11.3 Å². The van der Waals surface area contributed by atoms with Crippen LogP contribution in [0.15, 0.2) is 35.5 Å². The quantitative estimate of drug-likeness (QED) is 0.471. The van der Waals surface area contributed by atoms with E-state index in [1.54, 1.807) is 0 Å². The maximum atomic E-state index is 13.2. The standard InChI is InChI=1S/C17H17FN2O3S/c1-11(2)15-14(5-4-10-21)16(12-6-8-13(18)9-7-12)20-17(19-15)24(3,22)23/h4-11H,1-3H3/b5-4+. The molecule has 0 fully saturated rings. The molecule has 5 nitrogen and oxygen atoms in total. The van der Waals surface area contributed by atoms with Gasteiger partial charge in [-0.3, -0.25) is 4.79 Å². The molecular formula is C17H17FN2O3S. The Hall–Kier alpha value is -2.41. The molecule has 7 heteroatoms. The summed E-state index contributed by atoms with van der Waals surface area (Å²) in [4.78, 5) is 19.0. The number of rotatable bonds is 5. The van der Waals surface area contributed by atoms with Crippen molar-refractivity contribution >= 4 is 22.2 Å². The molecule has 0 aliphatic heterocycles. The highest BCUT2D eigenvalue weighted by Gasteiger charge is 2.21. The van der Waals surface area contributed by atoms with Gasteiger partial charge in [0.15, 0.2) is 0 Å². The molecule has 24 heavy (non-hydrogen) atoms. The number of hydrogen-bond acceptors (Lipinski definition) is 5. The van der Waals surface area contributed by atoms with Crippen LogP contribution in [0.5, 0.6) is 0 Å². The van der Waals surface area contributed by atoms with E-state index in [0.29, 0.717) is 28.8 Å². The van der Waals surface area contributed by atoms with Crippen molar-refractivity contribution in [2.45, 2.75) is 24.9 Å². The summed E-state index contributed by atoms with van der Waals surface area (Å²) >= 11 is 0. The fraction of sp³-hybridized carbons (Fsp3) is 0.235. The molecule has 0 N–H and O–H groups in total. The lowest BCUT2D eigenvalue weighted by molar-refractivity contribution is -0.104. The Bertz CT molecular complexity index is 889. The minimum absolute atomic E-state index is 0.0981. The summed E-state index contributed by atoms with van der Waals surface area (Å²) in [6, 6.07) is 5.54. The second-order valence-corrected chi connectivity index (χ2v) is 7.49. The summed E-state index contributed by atoms with van der Waals surface area (Å²) in [5.74, 6) is -0.510. The van der Waals surface area contributed by atoms with E-state index in [0.717, 1.165) is 6.26 Å². The Balaban J connectivity index is 2.86. The molecule has 1 aromatic heterocycles. The van der Waals surface area contributed by atoms with E-state index >= 15 is 0 Å². The van der Waals surface area contributed by atoms with Gasteiger partial charge in [0.05, 0.1) is 11.4 Å². The van der Waals surface area contributed by atoms with Crippen LogP contribution >= 0.6 is 0 Å². The topological polar surface area (TPSA) is 77.0 Å². The predicted molar refractivity (Wildman–Crippen MR) is 89.7 cm³/mol. The molecule has 1 heterocycles. The van der Waals surface area contributed by atoms with Crippen molar-refractivity contribution in [2.75, 3.05) is 6.26 Å². The Morgan fingerprint density at radius 2 is 1.75 bits per heavy atom. The number of hydrogen-bond donors (Lipinski definition) is 0. The van der Waals surface area contributed by atoms with Crippen LogP contribution < -0.4 is 0 Å². The lowest BCUT2D eigenvalue weighted by Crippen LogP contribution is -2.11. The van der Waals surface area contributed by atoms with Gasteiger partial charge in [-0.1, -0.05) is 13.8 Å². The van der Waals surface area contributed by atoms with E-state index in [1.165, 1.54) is 36.4 Å². The number of sulfone groups is 1.